The minimum atomic E-state index is -0.652. The van der Waals surface area contributed by atoms with Gasteiger partial charge < -0.3 is 15.0 Å². The van der Waals surface area contributed by atoms with E-state index in [1.54, 1.807) is 0 Å². The summed E-state index contributed by atoms with van der Waals surface area (Å²) in [6.45, 7) is 7.40. The van der Waals surface area contributed by atoms with E-state index in [1.807, 2.05) is 36.1 Å². The number of aromatic nitrogens is 4. The molecule has 33 heavy (non-hydrogen) atoms. The molecule has 2 saturated heterocycles. The van der Waals surface area contributed by atoms with Gasteiger partial charge in [0.2, 0.25) is 0 Å². The van der Waals surface area contributed by atoms with E-state index in [1.165, 1.54) is 19.4 Å². The lowest BCUT2D eigenvalue weighted by Gasteiger charge is -2.27. The highest BCUT2D eigenvalue weighted by Gasteiger charge is 2.41. The molecule has 4 heterocycles. The second kappa shape index (κ2) is 8.69. The second-order valence-corrected chi connectivity index (χ2v) is 10.2. The van der Waals surface area contributed by atoms with Gasteiger partial charge in [-0.15, -0.1) is 10.2 Å². The zero-order valence-corrected chi connectivity index (χ0v) is 19.6. The SMILES string of the molecule is [2H]C1(Nc2ccc(-c3ccc4nn(C)cc4c3C)nn2)C[C@H]2CN(CC3CCOCC3)C[C@H]2C1. The molecule has 0 amide bonds. The topological polar surface area (TPSA) is 68.1 Å². The zero-order valence-electron chi connectivity index (χ0n) is 20.6. The monoisotopic (exact) mass is 447 g/mol. The van der Waals surface area contributed by atoms with Crippen LogP contribution in [0.3, 0.4) is 0 Å². The molecule has 6 rings (SSSR count). The molecule has 1 N–H and O–H groups in total. The summed E-state index contributed by atoms with van der Waals surface area (Å²) in [5.74, 6) is 2.68. The number of nitrogens with one attached hydrogen (secondary N) is 1. The van der Waals surface area contributed by atoms with Crippen LogP contribution < -0.4 is 5.32 Å². The molecular formula is C26H34N6O. The summed E-state index contributed by atoms with van der Waals surface area (Å²) in [7, 11) is 1.94. The minimum Gasteiger partial charge on any atom is -0.381 e. The molecule has 7 nitrogen and oxygen atoms in total. The predicted octanol–water partition coefficient (Wildman–Crippen LogP) is 3.89. The van der Waals surface area contributed by atoms with Crippen LogP contribution in [0.5, 0.6) is 0 Å². The number of benzene rings is 1. The minimum absolute atomic E-state index is 0.603. The van der Waals surface area contributed by atoms with Crippen molar-refractivity contribution in [2.75, 3.05) is 38.2 Å². The highest BCUT2D eigenvalue weighted by atomic mass is 16.5. The van der Waals surface area contributed by atoms with E-state index in [4.69, 9.17) is 6.11 Å². The van der Waals surface area contributed by atoms with Crippen LogP contribution >= 0.6 is 0 Å². The first-order valence-corrected chi connectivity index (χ1v) is 12.3. The number of ether oxygens (including phenoxy) is 1. The van der Waals surface area contributed by atoms with Gasteiger partial charge in [-0.1, -0.05) is 6.07 Å². The Balaban J connectivity index is 1.09. The van der Waals surface area contributed by atoms with E-state index in [0.717, 1.165) is 72.8 Å². The first-order chi connectivity index (χ1) is 16.5. The van der Waals surface area contributed by atoms with Crippen molar-refractivity contribution in [2.45, 2.75) is 38.6 Å². The maximum atomic E-state index is 9.06. The van der Waals surface area contributed by atoms with Crippen molar-refractivity contribution in [2.24, 2.45) is 24.8 Å². The fourth-order valence-corrected chi connectivity index (χ4v) is 6.11. The lowest BCUT2D eigenvalue weighted by atomic mass is 10.00. The van der Waals surface area contributed by atoms with Crippen molar-refractivity contribution in [3.63, 3.8) is 0 Å². The number of hydrogen-bond donors (Lipinski definition) is 1. The van der Waals surface area contributed by atoms with Gasteiger partial charge in [0.25, 0.3) is 0 Å². The quantitative estimate of drug-likeness (QED) is 0.640. The number of nitrogens with zero attached hydrogens (tertiary/aromatic N) is 5. The summed E-state index contributed by atoms with van der Waals surface area (Å²) >= 11 is 0. The fraction of sp³-hybridized carbons (Fsp3) is 0.577. The van der Waals surface area contributed by atoms with E-state index in [-0.39, 0.29) is 0 Å². The fourth-order valence-electron chi connectivity index (χ4n) is 6.11. The largest absolute Gasteiger partial charge is 0.381 e. The maximum absolute atomic E-state index is 9.06. The summed E-state index contributed by atoms with van der Waals surface area (Å²) in [4.78, 5) is 2.64. The molecule has 7 heteroatoms. The van der Waals surface area contributed by atoms with Gasteiger partial charge in [0.05, 0.1) is 12.6 Å². The van der Waals surface area contributed by atoms with Crippen LogP contribution in [0, 0.1) is 24.7 Å². The Bertz CT molecular complexity index is 1160. The first kappa shape index (κ1) is 19.9. The summed E-state index contributed by atoms with van der Waals surface area (Å²) in [6, 6.07) is 7.43. The molecule has 2 aliphatic heterocycles. The van der Waals surface area contributed by atoms with E-state index in [2.05, 4.69) is 38.5 Å². The second-order valence-electron chi connectivity index (χ2n) is 10.2. The Morgan fingerprint density at radius 3 is 2.61 bits per heavy atom. The van der Waals surface area contributed by atoms with Crippen molar-refractivity contribution >= 4 is 16.7 Å². The summed E-state index contributed by atoms with van der Waals surface area (Å²) in [5.41, 5.74) is 4.07. The molecule has 3 aromatic rings. The molecule has 3 fully saturated rings. The van der Waals surface area contributed by atoms with Crippen molar-refractivity contribution in [3.05, 3.63) is 36.0 Å². The Labute approximate surface area is 196 Å². The van der Waals surface area contributed by atoms with Crippen LogP contribution in [0.15, 0.2) is 30.5 Å². The van der Waals surface area contributed by atoms with E-state index < -0.39 is 6.02 Å². The van der Waals surface area contributed by atoms with Gasteiger partial charge in [0.1, 0.15) is 5.82 Å². The lowest BCUT2D eigenvalue weighted by molar-refractivity contribution is 0.0545. The molecule has 1 unspecified atom stereocenters. The van der Waals surface area contributed by atoms with Crippen molar-refractivity contribution in [1.29, 1.82) is 0 Å². The molecule has 0 spiro atoms. The Morgan fingerprint density at radius 2 is 1.88 bits per heavy atom. The number of rotatable bonds is 5. The Morgan fingerprint density at radius 1 is 1.09 bits per heavy atom. The third-order valence-electron chi connectivity index (χ3n) is 7.85. The summed E-state index contributed by atoms with van der Waals surface area (Å²) in [5, 5.41) is 18.0. The van der Waals surface area contributed by atoms with Gasteiger partial charge >= 0.3 is 0 Å². The van der Waals surface area contributed by atoms with Crippen LogP contribution in [-0.4, -0.2) is 63.7 Å². The third-order valence-corrected chi connectivity index (χ3v) is 7.85. The van der Waals surface area contributed by atoms with Crippen LogP contribution in [0.1, 0.15) is 32.6 Å². The molecule has 1 aliphatic carbocycles. The number of aryl methyl sites for hydroxylation is 2. The standard InChI is InChI=1S/C26H34N6O/c1-17-22(3-4-25-23(17)16-31(2)30-25)24-5-6-26(29-28-24)27-21-11-19-14-32(15-20(19)12-21)13-18-7-9-33-10-8-18/h3-6,16,18-21H,7-15H2,1-2H3,(H,27,29)/t19-,20+,21?/i21D. The van der Waals surface area contributed by atoms with Crippen LogP contribution in [0.25, 0.3) is 22.2 Å². The van der Waals surface area contributed by atoms with E-state index in [0.29, 0.717) is 17.7 Å². The maximum Gasteiger partial charge on any atom is 0.148 e. The molecule has 3 aliphatic rings. The molecule has 0 bridgehead atoms. The van der Waals surface area contributed by atoms with Gasteiger partial charge in [-0.25, -0.2) is 0 Å². The number of anilines is 1. The van der Waals surface area contributed by atoms with Crippen LogP contribution in [0.2, 0.25) is 0 Å². The molecule has 3 atom stereocenters. The molecular weight excluding hydrogens is 412 g/mol. The first-order valence-electron chi connectivity index (χ1n) is 12.8. The van der Waals surface area contributed by atoms with Gasteiger partial charge in [-0.3, -0.25) is 4.68 Å². The van der Waals surface area contributed by atoms with Gasteiger partial charge in [0.15, 0.2) is 0 Å². The third kappa shape index (κ3) is 4.24. The van der Waals surface area contributed by atoms with Crippen molar-refractivity contribution in [1.82, 2.24) is 24.9 Å². The van der Waals surface area contributed by atoms with Crippen molar-refractivity contribution < 1.29 is 6.11 Å². The van der Waals surface area contributed by atoms with Gasteiger partial charge in [0, 0.05) is 63.1 Å². The van der Waals surface area contributed by atoms with Crippen molar-refractivity contribution in [3.8, 4) is 11.3 Å². The summed E-state index contributed by atoms with van der Waals surface area (Å²) in [6.07, 6.45) is 6.19. The highest BCUT2D eigenvalue weighted by molar-refractivity contribution is 5.88. The average molecular weight is 448 g/mol. The van der Waals surface area contributed by atoms with Gasteiger partial charge in [-0.2, -0.15) is 5.10 Å². The smallest absolute Gasteiger partial charge is 0.148 e. The number of fused-ring (bicyclic) bond motifs is 2. The number of likely N-dealkylation sites (tertiary alicyclic amines) is 1. The molecule has 0 radical (unpaired) electrons. The van der Waals surface area contributed by atoms with Gasteiger partial charge in [-0.05, 0) is 74.1 Å². The Hall–Kier alpha value is -2.51. The zero-order chi connectivity index (χ0) is 23.3. The normalized spacial score (nSPS) is 28.8. The Kier molecular flexibility index (Phi) is 5.24. The van der Waals surface area contributed by atoms with E-state index >= 15 is 0 Å². The summed E-state index contributed by atoms with van der Waals surface area (Å²) < 4.78 is 16.4. The van der Waals surface area contributed by atoms with E-state index in [9.17, 15) is 0 Å². The van der Waals surface area contributed by atoms with Crippen LogP contribution in [-0.2, 0) is 11.8 Å². The highest BCUT2D eigenvalue weighted by Crippen LogP contribution is 2.39. The predicted molar refractivity (Wildman–Crippen MR) is 130 cm³/mol. The molecule has 1 saturated carbocycles. The lowest BCUT2D eigenvalue weighted by Crippen LogP contribution is -2.32. The molecule has 174 valence electrons. The van der Waals surface area contributed by atoms with Crippen LogP contribution in [0.4, 0.5) is 5.82 Å². The average Bonchev–Trinajstić information content (AvgIpc) is 3.46. The molecule has 2 aromatic heterocycles. The number of hydrogen-bond acceptors (Lipinski definition) is 6. The molecule has 1 aromatic carbocycles.